The molecule has 6 heteroatoms. The molecule has 3 N–H and O–H groups in total. The third-order valence-corrected chi connectivity index (χ3v) is 15.0. The summed E-state index contributed by atoms with van der Waals surface area (Å²) in [7, 11) is 0. The van der Waals surface area contributed by atoms with Crippen molar-refractivity contribution in [2.24, 2.45) is 0 Å². The Bertz CT molecular complexity index is 1110. The fourth-order valence-electron chi connectivity index (χ4n) is 10.0. The van der Waals surface area contributed by atoms with E-state index in [1.54, 1.807) is 6.08 Å². The number of aliphatic hydroxyl groups excluding tert-OH is 2. The van der Waals surface area contributed by atoms with Gasteiger partial charge in [-0.1, -0.05) is 314 Å². The van der Waals surface area contributed by atoms with E-state index in [1.165, 1.54) is 283 Å². The summed E-state index contributed by atoms with van der Waals surface area (Å²) in [6.45, 7) is 4.89. The number of hydrogen-bond acceptors (Lipinski definition) is 5. The van der Waals surface area contributed by atoms with E-state index in [0.29, 0.717) is 19.4 Å². The van der Waals surface area contributed by atoms with Gasteiger partial charge in [0.15, 0.2) is 0 Å². The van der Waals surface area contributed by atoms with E-state index in [2.05, 4.69) is 31.3 Å². The van der Waals surface area contributed by atoms with E-state index in [-0.39, 0.29) is 18.5 Å². The number of ether oxygens (including phenoxy) is 1. The molecular weight excluding hydrogens is 875 g/mol. The van der Waals surface area contributed by atoms with Gasteiger partial charge in [0, 0.05) is 12.8 Å². The lowest BCUT2D eigenvalue weighted by molar-refractivity contribution is -0.143. The van der Waals surface area contributed by atoms with Crippen LogP contribution in [0, 0.1) is 0 Å². The summed E-state index contributed by atoms with van der Waals surface area (Å²) in [6.07, 6.45) is 75.1. The summed E-state index contributed by atoms with van der Waals surface area (Å²) in [4.78, 5) is 24.5. The molecule has 0 aliphatic rings. The lowest BCUT2D eigenvalue weighted by Gasteiger charge is -2.20. The van der Waals surface area contributed by atoms with Crippen LogP contribution < -0.4 is 5.32 Å². The minimum absolute atomic E-state index is 0.00220. The van der Waals surface area contributed by atoms with Crippen molar-refractivity contribution < 1.29 is 24.5 Å². The summed E-state index contributed by atoms with van der Waals surface area (Å²) in [5, 5.41) is 23.2. The lowest BCUT2D eigenvalue weighted by Crippen LogP contribution is -2.45. The first-order valence-electron chi connectivity index (χ1n) is 32.1. The molecule has 0 radical (unpaired) electrons. The Kier molecular flexibility index (Phi) is 59.5. The van der Waals surface area contributed by atoms with Gasteiger partial charge in [-0.05, 0) is 51.4 Å². The average Bonchev–Trinajstić information content (AvgIpc) is 3.37. The lowest BCUT2D eigenvalue weighted by atomic mass is 10.0. The largest absolute Gasteiger partial charge is 0.466 e. The smallest absolute Gasteiger partial charge is 0.305 e. The molecule has 0 rings (SSSR count). The molecule has 0 aromatic rings. The first-order chi connectivity index (χ1) is 35.0. The van der Waals surface area contributed by atoms with Gasteiger partial charge >= 0.3 is 5.97 Å². The van der Waals surface area contributed by atoms with Crippen LogP contribution in [0.2, 0.25) is 0 Å². The molecule has 0 bridgehead atoms. The number of rotatable bonds is 60. The van der Waals surface area contributed by atoms with Crippen molar-refractivity contribution >= 4 is 11.9 Å². The summed E-state index contributed by atoms with van der Waals surface area (Å²) >= 11 is 0. The van der Waals surface area contributed by atoms with Crippen molar-refractivity contribution in [3.8, 4) is 0 Å². The minimum atomic E-state index is -0.848. The molecule has 0 fully saturated rings. The second-order valence-electron chi connectivity index (χ2n) is 22.1. The molecule has 420 valence electrons. The van der Waals surface area contributed by atoms with Gasteiger partial charge < -0.3 is 20.3 Å². The predicted molar refractivity (Wildman–Crippen MR) is 310 cm³/mol. The van der Waals surface area contributed by atoms with Crippen molar-refractivity contribution in [2.45, 2.75) is 366 Å². The molecule has 0 aromatic carbocycles. The zero-order chi connectivity index (χ0) is 51.4. The Morgan fingerprint density at radius 3 is 1.04 bits per heavy atom. The second kappa shape index (κ2) is 60.9. The predicted octanol–water partition coefficient (Wildman–Crippen LogP) is 20.2. The Balaban J connectivity index is 3.44. The maximum atomic E-state index is 12.5. The third kappa shape index (κ3) is 57.5. The van der Waals surface area contributed by atoms with Crippen LogP contribution in [0.3, 0.4) is 0 Å². The van der Waals surface area contributed by atoms with Gasteiger partial charge in [0.25, 0.3) is 0 Å². The molecular formula is C65H125NO5. The molecule has 0 aliphatic carbocycles. The van der Waals surface area contributed by atoms with E-state index >= 15 is 0 Å². The maximum Gasteiger partial charge on any atom is 0.305 e. The van der Waals surface area contributed by atoms with Crippen molar-refractivity contribution in [1.29, 1.82) is 0 Å². The fourth-order valence-corrected chi connectivity index (χ4v) is 10.0. The van der Waals surface area contributed by atoms with Crippen LogP contribution >= 0.6 is 0 Å². The van der Waals surface area contributed by atoms with Crippen molar-refractivity contribution in [2.75, 3.05) is 13.2 Å². The van der Waals surface area contributed by atoms with Gasteiger partial charge in [-0.2, -0.15) is 0 Å². The maximum absolute atomic E-state index is 12.5. The SMILES string of the molecule is CCCC/C=C\CCCCCCCC(=O)OCCCCCCCCCCCCCCCCCCCCCC(=O)NC(CO)C(O)/C=C/CCCCCCCCCCCCCCCCCCCCCCCC. The van der Waals surface area contributed by atoms with E-state index < -0.39 is 12.1 Å². The zero-order valence-corrected chi connectivity index (χ0v) is 48.0. The van der Waals surface area contributed by atoms with Gasteiger partial charge in [-0.3, -0.25) is 9.59 Å². The Hall–Kier alpha value is -1.66. The normalized spacial score (nSPS) is 12.7. The van der Waals surface area contributed by atoms with Crippen LogP contribution in [0.25, 0.3) is 0 Å². The van der Waals surface area contributed by atoms with Gasteiger partial charge in [0.2, 0.25) is 5.91 Å². The minimum Gasteiger partial charge on any atom is -0.466 e. The van der Waals surface area contributed by atoms with Crippen LogP contribution in [0.1, 0.15) is 354 Å². The Morgan fingerprint density at radius 1 is 0.380 bits per heavy atom. The van der Waals surface area contributed by atoms with Gasteiger partial charge in [0.05, 0.1) is 25.4 Å². The van der Waals surface area contributed by atoms with Crippen molar-refractivity contribution in [1.82, 2.24) is 5.32 Å². The standard InChI is InChI=1S/C65H125NO5/c1-3-5-7-9-11-13-15-16-17-18-19-20-21-22-23-25-28-31-34-38-41-45-49-53-57-63(68)62(61-67)66-64(69)58-54-50-46-42-39-35-32-29-26-24-27-30-33-36-40-44-48-52-56-60-71-65(70)59-55-51-47-43-37-14-12-10-8-6-4-2/h10,12,53,57,62-63,67-68H,3-9,11,13-52,54-56,58-61H2,1-2H3,(H,66,69)/b12-10-,57-53+. The molecule has 6 nitrogen and oxygen atoms in total. The number of carbonyl (C=O) groups is 2. The highest BCUT2D eigenvalue weighted by Crippen LogP contribution is 2.18. The zero-order valence-electron chi connectivity index (χ0n) is 48.0. The van der Waals surface area contributed by atoms with Crippen LogP contribution in [0.15, 0.2) is 24.3 Å². The number of carbonyl (C=O) groups excluding carboxylic acids is 2. The van der Waals surface area contributed by atoms with Gasteiger partial charge in [0.1, 0.15) is 0 Å². The van der Waals surface area contributed by atoms with Crippen LogP contribution in [-0.4, -0.2) is 47.4 Å². The Labute approximate surface area is 443 Å². The number of allylic oxidation sites excluding steroid dienone is 3. The first kappa shape index (κ1) is 69.3. The van der Waals surface area contributed by atoms with E-state index in [1.807, 2.05) is 6.08 Å². The quantitative estimate of drug-likeness (QED) is 0.0320. The molecule has 0 aromatic heterocycles. The highest BCUT2D eigenvalue weighted by Gasteiger charge is 2.18. The fraction of sp³-hybridized carbons (Fsp3) is 0.908. The van der Waals surface area contributed by atoms with Gasteiger partial charge in [-0.25, -0.2) is 0 Å². The van der Waals surface area contributed by atoms with E-state index in [0.717, 1.165) is 44.9 Å². The van der Waals surface area contributed by atoms with E-state index in [9.17, 15) is 19.8 Å². The van der Waals surface area contributed by atoms with Crippen molar-refractivity contribution in [3.05, 3.63) is 24.3 Å². The summed E-state index contributed by atoms with van der Waals surface area (Å²) in [5.74, 6) is -0.0695. The molecule has 2 atom stereocenters. The number of hydrogen-bond donors (Lipinski definition) is 3. The topological polar surface area (TPSA) is 95.9 Å². The number of amides is 1. The molecule has 2 unspecified atom stereocenters. The van der Waals surface area contributed by atoms with Crippen LogP contribution in [-0.2, 0) is 14.3 Å². The van der Waals surface area contributed by atoms with Gasteiger partial charge in [-0.15, -0.1) is 0 Å². The number of unbranched alkanes of at least 4 members (excludes halogenated alkanes) is 47. The first-order valence-corrected chi connectivity index (χ1v) is 32.1. The molecule has 71 heavy (non-hydrogen) atoms. The summed E-state index contributed by atoms with van der Waals surface area (Å²) in [6, 6.07) is -0.631. The highest BCUT2D eigenvalue weighted by atomic mass is 16.5. The summed E-state index contributed by atoms with van der Waals surface area (Å²) in [5.41, 5.74) is 0. The number of esters is 1. The third-order valence-electron chi connectivity index (χ3n) is 15.0. The number of aliphatic hydroxyl groups is 2. The molecule has 1 amide bonds. The monoisotopic (exact) mass is 1000 g/mol. The Morgan fingerprint density at radius 2 is 0.676 bits per heavy atom. The molecule has 0 heterocycles. The summed E-state index contributed by atoms with van der Waals surface area (Å²) < 4.78 is 5.46. The van der Waals surface area contributed by atoms with Crippen LogP contribution in [0.4, 0.5) is 0 Å². The molecule has 0 saturated heterocycles. The second-order valence-corrected chi connectivity index (χ2v) is 22.1. The van der Waals surface area contributed by atoms with Crippen molar-refractivity contribution in [3.63, 3.8) is 0 Å². The molecule has 0 aliphatic heterocycles. The number of nitrogens with one attached hydrogen (secondary N) is 1. The average molecular weight is 1000 g/mol. The van der Waals surface area contributed by atoms with E-state index in [4.69, 9.17) is 4.74 Å². The molecule has 0 saturated carbocycles. The van der Waals surface area contributed by atoms with Crippen LogP contribution in [0.5, 0.6) is 0 Å². The molecule has 0 spiro atoms. The highest BCUT2D eigenvalue weighted by molar-refractivity contribution is 5.76.